The van der Waals surface area contributed by atoms with Crippen LogP contribution in [0, 0.1) is 15.9 Å². The quantitative estimate of drug-likeness (QED) is 0.553. The number of hydrogen-bond donors (Lipinski definition) is 0. The maximum atomic E-state index is 13.9. The van der Waals surface area contributed by atoms with Crippen molar-refractivity contribution in [1.29, 1.82) is 0 Å². The third-order valence-electron chi connectivity index (χ3n) is 2.73. The molecule has 0 amide bonds. The van der Waals surface area contributed by atoms with Gasteiger partial charge in [0, 0.05) is 18.2 Å². The van der Waals surface area contributed by atoms with Crippen LogP contribution < -0.4 is 0 Å². The largest absolute Gasteiger partial charge is 0.305 e. The second-order valence-corrected chi connectivity index (χ2v) is 4.28. The Hall–Kier alpha value is -1.49. The Morgan fingerprint density at radius 3 is 2.39 bits per heavy atom. The first-order chi connectivity index (χ1) is 8.60. The van der Waals surface area contributed by atoms with E-state index in [0.29, 0.717) is 12.1 Å². The topological polar surface area (TPSA) is 46.4 Å². The second-order valence-electron chi connectivity index (χ2n) is 4.28. The molecule has 0 saturated carbocycles. The molecule has 0 saturated heterocycles. The lowest BCUT2D eigenvalue weighted by Crippen LogP contribution is -2.25. The van der Waals surface area contributed by atoms with Crippen LogP contribution in [0.25, 0.3) is 0 Å². The Morgan fingerprint density at radius 1 is 1.28 bits per heavy atom. The van der Waals surface area contributed by atoms with Gasteiger partial charge in [0.25, 0.3) is 0 Å². The highest BCUT2D eigenvalue weighted by atomic mass is 19.1. The first kappa shape index (κ1) is 14.6. The zero-order valence-corrected chi connectivity index (χ0v) is 10.9. The van der Waals surface area contributed by atoms with Crippen molar-refractivity contribution >= 4 is 5.69 Å². The first-order valence-corrected chi connectivity index (χ1v) is 6.24. The molecule has 0 N–H and O–H groups in total. The molecule has 0 bridgehead atoms. The third-order valence-corrected chi connectivity index (χ3v) is 2.73. The molecular formula is C13H19FN2O2. The molecule has 100 valence electrons. The predicted molar refractivity (Wildman–Crippen MR) is 68.9 cm³/mol. The molecule has 5 heteroatoms. The van der Waals surface area contributed by atoms with E-state index in [9.17, 15) is 14.5 Å². The molecule has 0 atom stereocenters. The van der Waals surface area contributed by atoms with Gasteiger partial charge in [-0.25, -0.2) is 0 Å². The van der Waals surface area contributed by atoms with Gasteiger partial charge in [-0.05, 0) is 25.9 Å². The number of nitro benzene ring substituents is 1. The summed E-state index contributed by atoms with van der Waals surface area (Å²) in [4.78, 5) is 12.1. The number of benzene rings is 1. The van der Waals surface area contributed by atoms with E-state index < -0.39 is 16.4 Å². The molecule has 0 fully saturated rings. The molecule has 0 aliphatic carbocycles. The lowest BCUT2D eigenvalue weighted by molar-refractivity contribution is -0.387. The fourth-order valence-corrected chi connectivity index (χ4v) is 1.97. The van der Waals surface area contributed by atoms with Crippen LogP contribution in [0.4, 0.5) is 10.1 Å². The van der Waals surface area contributed by atoms with Crippen LogP contribution in [0.2, 0.25) is 0 Å². The summed E-state index contributed by atoms with van der Waals surface area (Å²) in [6.07, 6.45) is 1.97. The summed E-state index contributed by atoms with van der Waals surface area (Å²) in [5, 5.41) is 10.7. The highest BCUT2D eigenvalue weighted by Gasteiger charge is 2.18. The monoisotopic (exact) mass is 254 g/mol. The molecule has 18 heavy (non-hydrogen) atoms. The summed E-state index contributed by atoms with van der Waals surface area (Å²) in [5.74, 6) is -0.709. The molecule has 0 unspecified atom stereocenters. The van der Waals surface area contributed by atoms with Gasteiger partial charge < -0.3 is 0 Å². The molecule has 1 rings (SSSR count). The zero-order chi connectivity index (χ0) is 13.5. The van der Waals surface area contributed by atoms with Crippen LogP contribution in [-0.2, 0) is 6.54 Å². The number of rotatable bonds is 7. The van der Waals surface area contributed by atoms with Crippen molar-refractivity contribution in [1.82, 2.24) is 4.90 Å². The summed E-state index contributed by atoms with van der Waals surface area (Å²) < 4.78 is 13.9. The summed E-state index contributed by atoms with van der Waals surface area (Å²) in [7, 11) is 0. The van der Waals surface area contributed by atoms with Crippen molar-refractivity contribution in [2.75, 3.05) is 13.1 Å². The molecular weight excluding hydrogens is 235 g/mol. The van der Waals surface area contributed by atoms with Gasteiger partial charge in [0.2, 0.25) is 5.82 Å². The van der Waals surface area contributed by atoms with Gasteiger partial charge in [0.15, 0.2) is 0 Å². The normalized spacial score (nSPS) is 10.9. The van der Waals surface area contributed by atoms with Gasteiger partial charge >= 0.3 is 5.69 Å². The van der Waals surface area contributed by atoms with E-state index in [1.165, 1.54) is 12.1 Å². The fourth-order valence-electron chi connectivity index (χ4n) is 1.97. The number of nitrogens with zero attached hydrogens (tertiary/aromatic N) is 2. The summed E-state index contributed by atoms with van der Waals surface area (Å²) in [5.41, 5.74) is -0.0495. The fraction of sp³-hybridized carbons (Fsp3) is 0.538. The smallest absolute Gasteiger partial charge is 0.299 e. The van der Waals surface area contributed by atoms with E-state index in [-0.39, 0.29) is 0 Å². The number of halogens is 1. The van der Waals surface area contributed by atoms with E-state index in [1.807, 2.05) is 0 Å². The molecule has 1 aromatic carbocycles. The minimum Gasteiger partial charge on any atom is -0.299 e. The molecule has 0 aliphatic rings. The lowest BCUT2D eigenvalue weighted by atomic mass is 10.1. The molecule has 0 aliphatic heterocycles. The van der Waals surface area contributed by atoms with E-state index in [1.54, 1.807) is 6.07 Å². The second kappa shape index (κ2) is 7.06. The summed E-state index contributed by atoms with van der Waals surface area (Å²) >= 11 is 0. The summed E-state index contributed by atoms with van der Waals surface area (Å²) in [6.45, 7) is 6.29. The average Bonchev–Trinajstić information content (AvgIpc) is 2.32. The van der Waals surface area contributed by atoms with Crippen molar-refractivity contribution < 1.29 is 9.31 Å². The zero-order valence-electron chi connectivity index (χ0n) is 10.9. The van der Waals surface area contributed by atoms with Crippen LogP contribution in [0.5, 0.6) is 0 Å². The predicted octanol–water partition coefficient (Wildman–Crippen LogP) is 3.36. The Morgan fingerprint density at radius 2 is 1.89 bits per heavy atom. The van der Waals surface area contributed by atoms with E-state index >= 15 is 0 Å². The van der Waals surface area contributed by atoms with Gasteiger partial charge in [0.1, 0.15) is 0 Å². The van der Waals surface area contributed by atoms with E-state index in [2.05, 4.69) is 18.7 Å². The number of nitro groups is 1. The molecule has 1 aromatic rings. The van der Waals surface area contributed by atoms with Crippen LogP contribution in [0.3, 0.4) is 0 Å². The van der Waals surface area contributed by atoms with Crippen LogP contribution in [0.15, 0.2) is 18.2 Å². The minimum atomic E-state index is -0.709. The van der Waals surface area contributed by atoms with E-state index in [0.717, 1.165) is 25.9 Å². The highest BCUT2D eigenvalue weighted by Crippen LogP contribution is 2.21. The van der Waals surface area contributed by atoms with Crippen LogP contribution in [-0.4, -0.2) is 22.9 Å². The minimum absolute atomic E-state index is 0.395. The lowest BCUT2D eigenvalue weighted by Gasteiger charge is -2.21. The maximum absolute atomic E-state index is 13.9. The van der Waals surface area contributed by atoms with Crippen molar-refractivity contribution in [3.05, 3.63) is 39.7 Å². The van der Waals surface area contributed by atoms with Gasteiger partial charge in [-0.3, -0.25) is 15.0 Å². The van der Waals surface area contributed by atoms with Crippen LogP contribution in [0.1, 0.15) is 32.3 Å². The SMILES string of the molecule is CCCN(CCC)Cc1cccc([N+](=O)[O-])c1F. The Kier molecular flexibility index (Phi) is 5.71. The van der Waals surface area contributed by atoms with Crippen LogP contribution >= 0.6 is 0 Å². The Bertz CT molecular complexity index is 404. The van der Waals surface area contributed by atoms with Crippen molar-refractivity contribution in [2.24, 2.45) is 0 Å². The van der Waals surface area contributed by atoms with Crippen molar-refractivity contribution in [3.63, 3.8) is 0 Å². The molecule has 0 aromatic heterocycles. The van der Waals surface area contributed by atoms with E-state index in [4.69, 9.17) is 0 Å². The number of hydrogen-bond acceptors (Lipinski definition) is 3. The molecule has 0 heterocycles. The van der Waals surface area contributed by atoms with Gasteiger partial charge in [0.05, 0.1) is 4.92 Å². The standard InChI is InChI=1S/C13H19FN2O2/c1-3-8-15(9-4-2)10-11-6-5-7-12(13(11)14)16(17)18/h5-7H,3-4,8-10H2,1-2H3. The Labute approximate surface area is 107 Å². The van der Waals surface area contributed by atoms with Gasteiger partial charge in [-0.1, -0.05) is 26.0 Å². The first-order valence-electron chi connectivity index (χ1n) is 6.24. The van der Waals surface area contributed by atoms with Gasteiger partial charge in [-0.2, -0.15) is 4.39 Å². The Balaban J connectivity index is 2.88. The van der Waals surface area contributed by atoms with Crippen molar-refractivity contribution in [2.45, 2.75) is 33.2 Å². The summed E-state index contributed by atoms with van der Waals surface area (Å²) in [6, 6.07) is 4.34. The molecule has 4 nitrogen and oxygen atoms in total. The average molecular weight is 254 g/mol. The maximum Gasteiger partial charge on any atom is 0.305 e. The third kappa shape index (κ3) is 3.77. The molecule has 0 radical (unpaired) electrons. The highest BCUT2D eigenvalue weighted by molar-refractivity contribution is 5.36. The van der Waals surface area contributed by atoms with Gasteiger partial charge in [-0.15, -0.1) is 0 Å². The van der Waals surface area contributed by atoms with Crippen molar-refractivity contribution in [3.8, 4) is 0 Å². The molecule has 0 spiro atoms.